The van der Waals surface area contributed by atoms with E-state index in [2.05, 4.69) is 20.3 Å². The molecule has 0 radical (unpaired) electrons. The highest BCUT2D eigenvalue weighted by atomic mass is 32.2. The summed E-state index contributed by atoms with van der Waals surface area (Å²) in [4.78, 5) is 4.42. The summed E-state index contributed by atoms with van der Waals surface area (Å²) in [5.41, 5.74) is 3.30. The van der Waals surface area contributed by atoms with Crippen molar-refractivity contribution >= 4 is 10.0 Å². The van der Waals surface area contributed by atoms with Crippen molar-refractivity contribution < 1.29 is 17.3 Å². The quantitative estimate of drug-likeness (QED) is 0.422. The Morgan fingerprint density at radius 1 is 0.970 bits per heavy atom. The van der Waals surface area contributed by atoms with Gasteiger partial charge in [0, 0.05) is 24.4 Å². The summed E-state index contributed by atoms with van der Waals surface area (Å²) in [6, 6.07) is 11.8. The van der Waals surface area contributed by atoms with Crippen LogP contribution < -0.4 is 5.14 Å². The summed E-state index contributed by atoms with van der Waals surface area (Å²) in [6.45, 7) is 0. The predicted molar refractivity (Wildman–Crippen MR) is 116 cm³/mol. The van der Waals surface area contributed by atoms with E-state index in [-0.39, 0.29) is 22.4 Å². The second kappa shape index (κ2) is 7.76. The predicted octanol–water partition coefficient (Wildman–Crippen LogP) is 2.78. The lowest BCUT2D eigenvalue weighted by molar-refractivity contribution is 0.432. The third-order valence-corrected chi connectivity index (χ3v) is 5.91. The van der Waals surface area contributed by atoms with Crippen LogP contribution in [0.15, 0.2) is 76.5 Å². The molecule has 0 aliphatic heterocycles. The molecule has 0 aliphatic carbocycles. The van der Waals surface area contributed by atoms with Crippen molar-refractivity contribution in [3.05, 3.63) is 72.9 Å². The fraction of sp³-hybridized carbons (Fsp3) is 0.0476. The van der Waals surface area contributed by atoms with Crippen molar-refractivity contribution in [1.82, 2.24) is 29.7 Å². The van der Waals surface area contributed by atoms with E-state index in [9.17, 15) is 12.8 Å². The van der Waals surface area contributed by atoms with Crippen LogP contribution in [0.2, 0.25) is 0 Å². The van der Waals surface area contributed by atoms with Gasteiger partial charge < -0.3 is 4.52 Å². The minimum absolute atomic E-state index is 0.0114. The van der Waals surface area contributed by atoms with Gasteiger partial charge in [-0.25, -0.2) is 22.6 Å². The zero-order valence-corrected chi connectivity index (χ0v) is 17.9. The molecular formula is C21H16FN7O3S. The molecule has 0 unspecified atom stereocenters. The van der Waals surface area contributed by atoms with Crippen molar-refractivity contribution in [2.24, 2.45) is 12.2 Å². The SMILES string of the molecule is Cn1ncc(-c2nc(-c3ccc(S(N)(=O)=O)cc3)no2)c1-c1cnn(-c2ccc(F)cc2)c1. The Morgan fingerprint density at radius 2 is 1.70 bits per heavy atom. The standard InChI is InChI=1S/C21H16FN7O3S/c1-28-19(14-10-25-29(12-14)16-6-4-15(22)5-7-16)18(11-24-28)21-26-20(27-32-21)13-2-8-17(9-3-13)33(23,30)31/h2-12H,1H3,(H2,23,30,31). The van der Waals surface area contributed by atoms with Crippen LogP contribution in [0, 0.1) is 5.82 Å². The molecule has 0 amide bonds. The fourth-order valence-corrected chi connectivity index (χ4v) is 3.88. The molecule has 0 fully saturated rings. The fourth-order valence-electron chi connectivity index (χ4n) is 3.36. The van der Waals surface area contributed by atoms with E-state index >= 15 is 0 Å². The van der Waals surface area contributed by atoms with E-state index in [1.54, 1.807) is 59.3 Å². The third kappa shape index (κ3) is 3.92. The van der Waals surface area contributed by atoms with E-state index in [1.165, 1.54) is 24.3 Å². The summed E-state index contributed by atoms with van der Waals surface area (Å²) in [7, 11) is -2.02. The molecule has 0 aliphatic rings. The van der Waals surface area contributed by atoms with Gasteiger partial charge in [-0.1, -0.05) is 5.16 Å². The molecule has 0 spiro atoms. The van der Waals surface area contributed by atoms with Gasteiger partial charge in [0.1, 0.15) is 5.82 Å². The lowest BCUT2D eigenvalue weighted by Gasteiger charge is -2.02. The number of rotatable bonds is 5. The number of nitrogens with zero attached hydrogens (tertiary/aromatic N) is 6. The number of halogens is 1. The van der Waals surface area contributed by atoms with Gasteiger partial charge >= 0.3 is 0 Å². The van der Waals surface area contributed by atoms with Crippen LogP contribution in [0.3, 0.4) is 0 Å². The number of nitrogens with two attached hydrogens (primary N) is 1. The van der Waals surface area contributed by atoms with Gasteiger partial charge in [-0.3, -0.25) is 4.68 Å². The molecule has 166 valence electrons. The van der Waals surface area contributed by atoms with Crippen molar-refractivity contribution in [2.45, 2.75) is 4.90 Å². The number of aromatic nitrogens is 6. The zero-order chi connectivity index (χ0) is 23.2. The van der Waals surface area contributed by atoms with Crippen molar-refractivity contribution in [1.29, 1.82) is 0 Å². The largest absolute Gasteiger partial charge is 0.333 e. The molecule has 0 saturated carbocycles. The minimum atomic E-state index is -3.80. The average Bonchev–Trinajstić information content (AvgIpc) is 3.53. The molecule has 0 atom stereocenters. The first kappa shape index (κ1) is 20.7. The number of primary sulfonamides is 1. The van der Waals surface area contributed by atoms with Gasteiger partial charge in [0.05, 0.1) is 34.2 Å². The van der Waals surface area contributed by atoms with E-state index in [1.807, 2.05) is 0 Å². The molecule has 2 aromatic carbocycles. The normalized spacial score (nSPS) is 11.7. The molecule has 0 bridgehead atoms. The summed E-state index contributed by atoms with van der Waals surface area (Å²) in [6.07, 6.45) is 5.05. The molecule has 2 N–H and O–H groups in total. The molecule has 10 nitrogen and oxygen atoms in total. The Labute approximate surface area is 187 Å². The summed E-state index contributed by atoms with van der Waals surface area (Å²) in [5.74, 6) is 0.187. The van der Waals surface area contributed by atoms with Gasteiger partial charge in [0.15, 0.2) is 0 Å². The van der Waals surface area contributed by atoms with Crippen LogP contribution in [0.4, 0.5) is 4.39 Å². The molecule has 5 aromatic rings. The maximum Gasteiger partial charge on any atom is 0.262 e. The highest BCUT2D eigenvalue weighted by Gasteiger charge is 2.20. The van der Waals surface area contributed by atoms with Gasteiger partial charge in [-0.2, -0.15) is 15.2 Å². The Kier molecular flexibility index (Phi) is 4.87. The number of hydrogen-bond donors (Lipinski definition) is 1. The minimum Gasteiger partial charge on any atom is -0.333 e. The Balaban J connectivity index is 1.48. The molecule has 5 rings (SSSR count). The monoisotopic (exact) mass is 465 g/mol. The first-order chi connectivity index (χ1) is 15.8. The van der Waals surface area contributed by atoms with Gasteiger partial charge in [0.2, 0.25) is 15.8 Å². The molecule has 3 heterocycles. The van der Waals surface area contributed by atoms with E-state index in [0.29, 0.717) is 22.5 Å². The second-order valence-corrected chi connectivity index (χ2v) is 8.73. The maximum atomic E-state index is 13.2. The topological polar surface area (TPSA) is 135 Å². The number of sulfonamides is 1. The van der Waals surface area contributed by atoms with Crippen LogP contribution >= 0.6 is 0 Å². The van der Waals surface area contributed by atoms with Crippen LogP contribution in [0.5, 0.6) is 0 Å². The summed E-state index contributed by atoms with van der Waals surface area (Å²) in [5, 5.41) is 17.8. The second-order valence-electron chi connectivity index (χ2n) is 7.17. The van der Waals surface area contributed by atoms with Crippen molar-refractivity contribution in [2.75, 3.05) is 0 Å². The van der Waals surface area contributed by atoms with E-state index in [4.69, 9.17) is 9.66 Å². The van der Waals surface area contributed by atoms with E-state index in [0.717, 1.165) is 5.56 Å². The highest BCUT2D eigenvalue weighted by molar-refractivity contribution is 7.89. The first-order valence-corrected chi connectivity index (χ1v) is 11.1. The van der Waals surface area contributed by atoms with Gasteiger partial charge in [-0.15, -0.1) is 0 Å². The molecule has 0 saturated heterocycles. The number of benzene rings is 2. The van der Waals surface area contributed by atoms with Crippen molar-refractivity contribution in [3.63, 3.8) is 0 Å². The highest BCUT2D eigenvalue weighted by Crippen LogP contribution is 2.32. The smallest absolute Gasteiger partial charge is 0.262 e. The van der Waals surface area contributed by atoms with Gasteiger partial charge in [0.25, 0.3) is 5.89 Å². The number of aryl methyl sites for hydroxylation is 1. The van der Waals surface area contributed by atoms with Crippen LogP contribution in [0.25, 0.3) is 39.8 Å². The van der Waals surface area contributed by atoms with Crippen LogP contribution in [0.1, 0.15) is 0 Å². The lowest BCUT2D eigenvalue weighted by Crippen LogP contribution is -2.11. The molecule has 3 aromatic heterocycles. The Bertz CT molecular complexity index is 1550. The zero-order valence-electron chi connectivity index (χ0n) is 17.1. The maximum absolute atomic E-state index is 13.2. The van der Waals surface area contributed by atoms with Crippen LogP contribution in [-0.4, -0.2) is 38.1 Å². The van der Waals surface area contributed by atoms with E-state index < -0.39 is 10.0 Å². The first-order valence-electron chi connectivity index (χ1n) is 9.60. The number of hydrogen-bond acceptors (Lipinski definition) is 7. The molecule has 33 heavy (non-hydrogen) atoms. The summed E-state index contributed by atoms with van der Waals surface area (Å²) < 4.78 is 44.9. The van der Waals surface area contributed by atoms with Crippen molar-refractivity contribution in [3.8, 4) is 39.8 Å². The Morgan fingerprint density at radius 3 is 2.39 bits per heavy atom. The summed E-state index contributed by atoms with van der Waals surface area (Å²) >= 11 is 0. The molecular weight excluding hydrogens is 449 g/mol. The third-order valence-electron chi connectivity index (χ3n) is 4.98. The van der Waals surface area contributed by atoms with Crippen LogP contribution in [-0.2, 0) is 17.1 Å². The average molecular weight is 465 g/mol. The van der Waals surface area contributed by atoms with Gasteiger partial charge in [-0.05, 0) is 48.5 Å². The molecule has 12 heteroatoms. The Hall–Kier alpha value is -4.16. The lowest BCUT2D eigenvalue weighted by atomic mass is 10.1.